The predicted molar refractivity (Wildman–Crippen MR) is 95.2 cm³/mol. The maximum Gasteiger partial charge on any atom is 0.158 e. The highest BCUT2D eigenvalue weighted by Gasteiger charge is 2.17. The van der Waals surface area contributed by atoms with Crippen LogP contribution in [0.25, 0.3) is 49.7 Å². The van der Waals surface area contributed by atoms with Crippen LogP contribution in [0.1, 0.15) is 0 Å². The summed E-state index contributed by atoms with van der Waals surface area (Å²) in [4.78, 5) is 17.5. The van der Waals surface area contributed by atoms with Crippen LogP contribution >= 0.6 is 0 Å². The summed E-state index contributed by atoms with van der Waals surface area (Å²) in [7, 11) is 0. The number of hydrogen-bond acceptors (Lipinski definition) is 3. The highest BCUT2D eigenvalue weighted by atomic mass is 15.1. The van der Waals surface area contributed by atoms with Gasteiger partial charge in [0.15, 0.2) is 11.3 Å². The van der Waals surface area contributed by atoms with Gasteiger partial charge in [-0.15, -0.1) is 0 Å². The molecule has 24 heavy (non-hydrogen) atoms. The van der Waals surface area contributed by atoms with Gasteiger partial charge in [0.25, 0.3) is 0 Å². The van der Waals surface area contributed by atoms with Gasteiger partial charge in [-0.1, -0.05) is 18.2 Å². The molecule has 0 bridgehead atoms. The van der Waals surface area contributed by atoms with Crippen molar-refractivity contribution in [3.63, 3.8) is 0 Å². The Morgan fingerprint density at radius 1 is 0.750 bits per heavy atom. The molecule has 6 rings (SSSR count). The lowest BCUT2D eigenvalue weighted by molar-refractivity contribution is 1.23. The molecule has 0 amide bonds. The predicted octanol–water partition coefficient (Wildman–Crippen LogP) is 4.07. The van der Waals surface area contributed by atoms with E-state index >= 15 is 0 Å². The van der Waals surface area contributed by atoms with E-state index in [2.05, 4.69) is 43.6 Å². The van der Waals surface area contributed by atoms with Gasteiger partial charge in [-0.05, 0) is 30.3 Å². The van der Waals surface area contributed by atoms with Gasteiger partial charge in [-0.25, -0.2) is 9.97 Å². The zero-order chi connectivity index (χ0) is 15.7. The van der Waals surface area contributed by atoms with Crippen molar-refractivity contribution in [1.29, 1.82) is 0 Å². The van der Waals surface area contributed by atoms with Crippen molar-refractivity contribution in [3.8, 4) is 0 Å². The topological polar surface area (TPSA) is 58.9 Å². The number of para-hydroxylation sites is 1. The van der Waals surface area contributed by atoms with Crippen molar-refractivity contribution in [2.24, 2.45) is 0 Å². The second-order valence-electron chi connectivity index (χ2n) is 5.91. The molecule has 0 saturated carbocycles. The van der Waals surface area contributed by atoms with Gasteiger partial charge in [0.1, 0.15) is 11.2 Å². The number of rotatable bonds is 0. The first-order valence-electron chi connectivity index (χ1n) is 7.82. The average Bonchev–Trinajstić information content (AvgIpc) is 3.18. The van der Waals surface area contributed by atoms with Crippen molar-refractivity contribution >= 4 is 49.7 Å². The molecule has 5 nitrogen and oxygen atoms in total. The number of H-pyrrole nitrogens is 1. The molecule has 0 fully saturated rings. The van der Waals surface area contributed by atoms with Gasteiger partial charge < -0.3 is 4.98 Å². The molecule has 0 aliphatic rings. The number of aromatic nitrogens is 5. The van der Waals surface area contributed by atoms with Crippen LogP contribution in [0.5, 0.6) is 0 Å². The monoisotopic (exact) mass is 309 g/mol. The molecule has 0 unspecified atom stereocenters. The van der Waals surface area contributed by atoms with E-state index in [0.29, 0.717) is 0 Å². The largest absolute Gasteiger partial charge is 0.338 e. The van der Waals surface area contributed by atoms with Crippen LogP contribution in [0.2, 0.25) is 0 Å². The summed E-state index contributed by atoms with van der Waals surface area (Å²) in [5, 5.41) is 3.21. The summed E-state index contributed by atoms with van der Waals surface area (Å²) in [5.74, 6) is 0. The molecule has 0 radical (unpaired) electrons. The number of pyridine rings is 3. The Bertz CT molecular complexity index is 1370. The fraction of sp³-hybridized carbons (Fsp3) is 0. The summed E-state index contributed by atoms with van der Waals surface area (Å²) in [6, 6.07) is 16.3. The van der Waals surface area contributed by atoms with E-state index in [1.165, 1.54) is 0 Å². The maximum atomic E-state index is 4.86. The van der Waals surface area contributed by atoms with Crippen molar-refractivity contribution in [2.45, 2.75) is 0 Å². The molecular formula is C19H11N5. The zero-order valence-corrected chi connectivity index (χ0v) is 12.6. The fourth-order valence-electron chi connectivity index (χ4n) is 3.63. The van der Waals surface area contributed by atoms with Gasteiger partial charge in [0, 0.05) is 34.1 Å². The molecule has 1 N–H and O–H groups in total. The zero-order valence-electron chi connectivity index (χ0n) is 12.6. The van der Waals surface area contributed by atoms with Crippen molar-refractivity contribution < 1.29 is 0 Å². The molecule has 6 aromatic rings. The SMILES string of the molecule is c1ccc2c(c1)[nH]c1nc3c4cccnc4c4cccnc4n3c12. The van der Waals surface area contributed by atoms with E-state index in [0.717, 1.165) is 49.7 Å². The van der Waals surface area contributed by atoms with Crippen molar-refractivity contribution in [1.82, 2.24) is 24.3 Å². The van der Waals surface area contributed by atoms with Crippen LogP contribution in [0.15, 0.2) is 60.9 Å². The Balaban J connectivity index is 2.04. The van der Waals surface area contributed by atoms with Gasteiger partial charge in [-0.3, -0.25) is 9.38 Å². The minimum Gasteiger partial charge on any atom is -0.338 e. The first-order valence-corrected chi connectivity index (χ1v) is 7.82. The second-order valence-corrected chi connectivity index (χ2v) is 5.91. The lowest BCUT2D eigenvalue weighted by Crippen LogP contribution is -1.94. The first kappa shape index (κ1) is 12.0. The Morgan fingerprint density at radius 2 is 1.50 bits per heavy atom. The Morgan fingerprint density at radius 3 is 2.42 bits per heavy atom. The molecule has 5 heterocycles. The summed E-state index contributed by atoms with van der Waals surface area (Å²) in [5.41, 5.74) is 5.72. The summed E-state index contributed by atoms with van der Waals surface area (Å²) >= 11 is 0. The van der Waals surface area contributed by atoms with Crippen LogP contribution in [-0.2, 0) is 0 Å². The highest BCUT2D eigenvalue weighted by molar-refractivity contribution is 6.14. The second kappa shape index (κ2) is 4.08. The quantitative estimate of drug-likeness (QED) is 0.430. The summed E-state index contributed by atoms with van der Waals surface area (Å²) in [6.07, 6.45) is 3.63. The molecular weight excluding hydrogens is 298 g/mol. The fourth-order valence-corrected chi connectivity index (χ4v) is 3.63. The number of fused-ring (bicyclic) bond motifs is 10. The van der Waals surface area contributed by atoms with Crippen LogP contribution < -0.4 is 0 Å². The molecule has 0 spiro atoms. The minimum atomic E-state index is 0.875. The van der Waals surface area contributed by atoms with E-state index < -0.39 is 0 Å². The molecule has 5 aromatic heterocycles. The highest BCUT2D eigenvalue weighted by Crippen LogP contribution is 2.33. The molecule has 0 aliphatic carbocycles. The number of imidazole rings is 1. The van der Waals surface area contributed by atoms with E-state index in [4.69, 9.17) is 4.98 Å². The van der Waals surface area contributed by atoms with Gasteiger partial charge in [-0.2, -0.15) is 0 Å². The summed E-state index contributed by atoms with van der Waals surface area (Å²) < 4.78 is 2.15. The van der Waals surface area contributed by atoms with Gasteiger partial charge in [0.2, 0.25) is 0 Å². The Labute approximate surface area is 135 Å². The van der Waals surface area contributed by atoms with Crippen molar-refractivity contribution in [3.05, 3.63) is 60.9 Å². The average molecular weight is 309 g/mol. The number of benzene rings is 1. The Kier molecular flexibility index (Phi) is 2.04. The van der Waals surface area contributed by atoms with Crippen molar-refractivity contribution in [2.75, 3.05) is 0 Å². The number of nitrogens with zero attached hydrogens (tertiary/aromatic N) is 4. The molecule has 0 saturated heterocycles. The third-order valence-corrected chi connectivity index (χ3v) is 4.61. The Hall–Kier alpha value is -3.47. The van der Waals surface area contributed by atoms with E-state index in [1.54, 1.807) is 0 Å². The smallest absolute Gasteiger partial charge is 0.158 e. The van der Waals surface area contributed by atoms with Crippen LogP contribution in [0.4, 0.5) is 0 Å². The molecule has 1 aromatic carbocycles. The third kappa shape index (κ3) is 1.33. The lowest BCUT2D eigenvalue weighted by atomic mass is 10.2. The maximum absolute atomic E-state index is 4.86. The van der Waals surface area contributed by atoms with E-state index in [1.807, 2.05) is 36.7 Å². The van der Waals surface area contributed by atoms with Crippen LogP contribution in [0.3, 0.4) is 0 Å². The van der Waals surface area contributed by atoms with Gasteiger partial charge in [0.05, 0.1) is 5.52 Å². The summed E-state index contributed by atoms with van der Waals surface area (Å²) in [6.45, 7) is 0. The van der Waals surface area contributed by atoms with E-state index in [9.17, 15) is 0 Å². The number of aromatic amines is 1. The molecule has 5 heteroatoms. The molecule has 0 atom stereocenters. The third-order valence-electron chi connectivity index (χ3n) is 4.61. The first-order chi connectivity index (χ1) is 11.9. The van der Waals surface area contributed by atoms with Gasteiger partial charge >= 0.3 is 0 Å². The van der Waals surface area contributed by atoms with Crippen LogP contribution in [-0.4, -0.2) is 24.3 Å². The molecule has 112 valence electrons. The normalized spacial score (nSPS) is 12.2. The standard InChI is InChI=1S/C19H11N5/c1-2-8-14-11(5-1)16-17(22-14)23-19-13-7-3-9-20-15(13)12-6-4-10-21-18(12)24(16)19/h1-10,22H. The number of hydrogen-bond donors (Lipinski definition) is 1. The molecule has 0 aliphatic heterocycles. The minimum absolute atomic E-state index is 0.875. The van der Waals surface area contributed by atoms with Crippen LogP contribution in [0, 0.1) is 0 Å². The lowest BCUT2D eigenvalue weighted by Gasteiger charge is -2.06. The number of nitrogens with one attached hydrogen (secondary N) is 1. The van der Waals surface area contributed by atoms with E-state index in [-0.39, 0.29) is 0 Å².